The number of rotatable bonds is 6. The second kappa shape index (κ2) is 7.54. The van der Waals surface area contributed by atoms with E-state index in [2.05, 4.69) is 27.4 Å². The zero-order valence-electron chi connectivity index (χ0n) is 11.8. The molecule has 5 heteroatoms. The van der Waals surface area contributed by atoms with Crippen molar-refractivity contribution in [2.45, 2.75) is 18.9 Å². The standard InChI is InChI=1S/C16H18BrFN2O/c1-21-16-6-5-12(10-15(16)18)9-14(20-19)8-11-3-2-4-13(17)7-11/h2-7,10,14,20H,8-9,19H2,1H3. The van der Waals surface area contributed by atoms with E-state index in [0.717, 1.165) is 16.5 Å². The second-order valence-corrected chi connectivity index (χ2v) is 5.79. The van der Waals surface area contributed by atoms with Gasteiger partial charge in [0.1, 0.15) is 0 Å². The summed E-state index contributed by atoms with van der Waals surface area (Å²) in [5, 5.41) is 0. The monoisotopic (exact) mass is 352 g/mol. The van der Waals surface area contributed by atoms with E-state index in [9.17, 15) is 4.39 Å². The van der Waals surface area contributed by atoms with Crippen molar-refractivity contribution in [3.63, 3.8) is 0 Å². The lowest BCUT2D eigenvalue weighted by molar-refractivity contribution is 0.386. The minimum Gasteiger partial charge on any atom is -0.494 e. The molecule has 0 aliphatic heterocycles. The maximum absolute atomic E-state index is 13.7. The van der Waals surface area contributed by atoms with Gasteiger partial charge in [0.25, 0.3) is 0 Å². The Morgan fingerprint density at radius 3 is 2.48 bits per heavy atom. The summed E-state index contributed by atoms with van der Waals surface area (Å²) in [6.07, 6.45) is 1.41. The highest BCUT2D eigenvalue weighted by Gasteiger charge is 2.11. The van der Waals surface area contributed by atoms with Crippen molar-refractivity contribution < 1.29 is 9.13 Å². The molecular weight excluding hydrogens is 335 g/mol. The smallest absolute Gasteiger partial charge is 0.165 e. The lowest BCUT2D eigenvalue weighted by atomic mass is 9.99. The fourth-order valence-electron chi connectivity index (χ4n) is 2.26. The van der Waals surface area contributed by atoms with Crippen LogP contribution >= 0.6 is 15.9 Å². The predicted octanol–water partition coefficient (Wildman–Crippen LogP) is 3.21. The fourth-order valence-corrected chi connectivity index (χ4v) is 2.71. The summed E-state index contributed by atoms with van der Waals surface area (Å²) in [4.78, 5) is 0. The molecule has 0 radical (unpaired) electrons. The number of hydrogen-bond acceptors (Lipinski definition) is 3. The molecule has 0 heterocycles. The van der Waals surface area contributed by atoms with Crippen LogP contribution < -0.4 is 16.0 Å². The summed E-state index contributed by atoms with van der Waals surface area (Å²) >= 11 is 3.45. The van der Waals surface area contributed by atoms with Gasteiger partial charge in [-0.2, -0.15) is 0 Å². The van der Waals surface area contributed by atoms with Gasteiger partial charge in [0.2, 0.25) is 0 Å². The van der Waals surface area contributed by atoms with E-state index in [0.29, 0.717) is 6.42 Å². The Bertz CT molecular complexity index is 607. The fraction of sp³-hybridized carbons (Fsp3) is 0.250. The highest BCUT2D eigenvalue weighted by molar-refractivity contribution is 9.10. The molecule has 0 saturated heterocycles. The van der Waals surface area contributed by atoms with Gasteiger partial charge in [-0.3, -0.25) is 11.3 Å². The number of halogens is 2. The van der Waals surface area contributed by atoms with Crippen LogP contribution in [0.4, 0.5) is 4.39 Å². The summed E-state index contributed by atoms with van der Waals surface area (Å²) in [6, 6.07) is 13.1. The van der Waals surface area contributed by atoms with E-state index < -0.39 is 0 Å². The average molecular weight is 353 g/mol. The molecule has 2 aromatic rings. The first-order valence-electron chi connectivity index (χ1n) is 6.65. The van der Waals surface area contributed by atoms with Gasteiger partial charge in [-0.1, -0.05) is 34.1 Å². The van der Waals surface area contributed by atoms with E-state index in [-0.39, 0.29) is 17.6 Å². The van der Waals surface area contributed by atoms with Crippen LogP contribution in [0.5, 0.6) is 5.75 Å². The van der Waals surface area contributed by atoms with Crippen LogP contribution in [0.15, 0.2) is 46.9 Å². The Hall–Kier alpha value is -1.43. The van der Waals surface area contributed by atoms with Gasteiger partial charge < -0.3 is 4.74 Å². The summed E-state index contributed by atoms with van der Waals surface area (Å²) in [5.74, 6) is 5.52. The summed E-state index contributed by atoms with van der Waals surface area (Å²) in [6.45, 7) is 0. The molecule has 0 amide bonds. The highest BCUT2D eigenvalue weighted by Crippen LogP contribution is 2.19. The molecular formula is C16H18BrFN2O. The topological polar surface area (TPSA) is 47.3 Å². The lowest BCUT2D eigenvalue weighted by Gasteiger charge is -2.16. The number of ether oxygens (including phenoxy) is 1. The van der Waals surface area contributed by atoms with Gasteiger partial charge in [-0.05, 0) is 48.2 Å². The molecule has 3 N–H and O–H groups in total. The average Bonchev–Trinajstić information content (AvgIpc) is 2.47. The van der Waals surface area contributed by atoms with Crippen molar-refractivity contribution in [1.29, 1.82) is 0 Å². The largest absolute Gasteiger partial charge is 0.494 e. The van der Waals surface area contributed by atoms with Gasteiger partial charge in [0, 0.05) is 10.5 Å². The van der Waals surface area contributed by atoms with E-state index in [1.54, 1.807) is 6.07 Å². The molecule has 0 aliphatic rings. The van der Waals surface area contributed by atoms with Crippen molar-refractivity contribution in [3.8, 4) is 5.75 Å². The SMILES string of the molecule is COc1ccc(CC(Cc2cccc(Br)c2)NN)cc1F. The zero-order chi connectivity index (χ0) is 15.2. The molecule has 0 spiro atoms. The minimum absolute atomic E-state index is 0.0343. The number of benzene rings is 2. The van der Waals surface area contributed by atoms with Gasteiger partial charge in [0.15, 0.2) is 11.6 Å². The molecule has 0 aromatic heterocycles. The van der Waals surface area contributed by atoms with Crippen LogP contribution in [0.1, 0.15) is 11.1 Å². The Kier molecular flexibility index (Phi) is 5.73. The molecule has 0 fully saturated rings. The van der Waals surface area contributed by atoms with Gasteiger partial charge in [-0.25, -0.2) is 4.39 Å². The molecule has 1 unspecified atom stereocenters. The first-order chi connectivity index (χ1) is 10.1. The number of hydrazine groups is 1. The molecule has 1 atom stereocenters. The third kappa shape index (κ3) is 4.52. The Morgan fingerprint density at radius 2 is 1.90 bits per heavy atom. The zero-order valence-corrected chi connectivity index (χ0v) is 13.4. The molecule has 112 valence electrons. The van der Waals surface area contributed by atoms with Gasteiger partial charge >= 0.3 is 0 Å². The van der Waals surface area contributed by atoms with Crippen molar-refractivity contribution in [2.75, 3.05) is 7.11 Å². The molecule has 0 aliphatic carbocycles. The van der Waals surface area contributed by atoms with Gasteiger partial charge in [-0.15, -0.1) is 0 Å². The van der Waals surface area contributed by atoms with E-state index in [4.69, 9.17) is 10.6 Å². The minimum atomic E-state index is -0.353. The maximum atomic E-state index is 13.7. The predicted molar refractivity (Wildman–Crippen MR) is 85.6 cm³/mol. The number of methoxy groups -OCH3 is 1. The van der Waals surface area contributed by atoms with Crippen LogP contribution in [0, 0.1) is 5.82 Å². The van der Waals surface area contributed by atoms with Crippen LogP contribution in [0.3, 0.4) is 0 Å². The number of nitrogens with one attached hydrogen (secondary N) is 1. The van der Waals surface area contributed by atoms with Crippen molar-refractivity contribution in [1.82, 2.24) is 5.43 Å². The van der Waals surface area contributed by atoms with Gasteiger partial charge in [0.05, 0.1) is 7.11 Å². The molecule has 0 bridgehead atoms. The van der Waals surface area contributed by atoms with Crippen molar-refractivity contribution in [3.05, 3.63) is 63.9 Å². The molecule has 21 heavy (non-hydrogen) atoms. The highest BCUT2D eigenvalue weighted by atomic mass is 79.9. The Morgan fingerprint density at radius 1 is 1.19 bits per heavy atom. The van der Waals surface area contributed by atoms with Crippen molar-refractivity contribution in [2.24, 2.45) is 5.84 Å². The Labute approximate surface area is 132 Å². The van der Waals surface area contributed by atoms with Crippen LogP contribution in [0.2, 0.25) is 0 Å². The van der Waals surface area contributed by atoms with E-state index in [1.807, 2.05) is 24.3 Å². The summed E-state index contributed by atoms with van der Waals surface area (Å²) < 4.78 is 19.7. The Balaban J connectivity index is 2.07. The third-order valence-corrected chi connectivity index (χ3v) is 3.80. The third-order valence-electron chi connectivity index (χ3n) is 3.31. The molecule has 2 rings (SSSR count). The van der Waals surface area contributed by atoms with Crippen LogP contribution in [0.25, 0.3) is 0 Å². The van der Waals surface area contributed by atoms with Crippen molar-refractivity contribution >= 4 is 15.9 Å². The second-order valence-electron chi connectivity index (χ2n) is 4.87. The molecule has 0 saturated carbocycles. The molecule has 2 aromatic carbocycles. The lowest BCUT2D eigenvalue weighted by Crippen LogP contribution is -2.38. The van der Waals surface area contributed by atoms with Crippen LogP contribution in [-0.4, -0.2) is 13.2 Å². The maximum Gasteiger partial charge on any atom is 0.165 e. The van der Waals surface area contributed by atoms with Crippen LogP contribution in [-0.2, 0) is 12.8 Å². The summed E-state index contributed by atoms with van der Waals surface area (Å²) in [7, 11) is 1.45. The van der Waals surface area contributed by atoms with E-state index in [1.165, 1.54) is 18.7 Å². The number of nitrogens with two attached hydrogens (primary N) is 1. The summed E-state index contributed by atoms with van der Waals surface area (Å²) in [5.41, 5.74) is 4.85. The first-order valence-corrected chi connectivity index (χ1v) is 7.44. The van der Waals surface area contributed by atoms with E-state index >= 15 is 0 Å². The molecule has 3 nitrogen and oxygen atoms in total. The quantitative estimate of drug-likeness (QED) is 0.619. The first kappa shape index (κ1) is 15.9. The normalized spacial score (nSPS) is 12.2. The number of hydrogen-bond donors (Lipinski definition) is 2.